The molecule has 3 aliphatic carbocycles. The lowest BCUT2D eigenvalue weighted by atomic mass is 9.83. The standard InChI is InChI=1S/C43H59N5O10S/c1-7-28-22-43(28,40(51)47-59(53,54)30-16-17-30)46-38(49)32-20-29-23-48(32)39(50)36(26-13-10-9-11-14-26)45-41(52)57-24-42(4,5)18-12-15-27-19-31-33(58-29)21-34(56-8-2)44-35(31)25(3)37(27)55-6/h7,19,21,26,28-30,32,36H,1,8-18,20,22-24H2,2-6H3,(H,45,52)(H,46,49)(H,47,51)/t28-,29+,32-,36-,43-/m0/s1. The molecule has 4 fully saturated rings. The number of sulfonamides is 1. The van der Waals surface area contributed by atoms with Crippen LogP contribution in [0.5, 0.6) is 17.4 Å². The summed E-state index contributed by atoms with van der Waals surface area (Å²) < 4.78 is 52.3. The van der Waals surface area contributed by atoms with Crippen LogP contribution in [0.15, 0.2) is 24.8 Å². The van der Waals surface area contributed by atoms with Gasteiger partial charge in [0.05, 0.1) is 37.6 Å². The van der Waals surface area contributed by atoms with E-state index in [2.05, 4.69) is 21.9 Å². The van der Waals surface area contributed by atoms with Crippen molar-refractivity contribution in [1.82, 2.24) is 25.2 Å². The SMILES string of the molecule is C=C[C@H]1C[C@@]1(NC(=O)[C@@H]1C[C@@H]2CN1C(=O)[C@H](C1CCCCC1)NC(=O)OCC(C)(C)CCCc1cc3c(cc(OCC)nc3c(C)c1OC)O2)C(=O)NS(=O)(=O)C1CC1. The smallest absolute Gasteiger partial charge is 0.407 e. The zero-order chi connectivity index (χ0) is 42.3. The van der Waals surface area contributed by atoms with E-state index in [-0.39, 0.29) is 37.3 Å². The average molecular weight is 838 g/mol. The number of methoxy groups -OCH3 is 1. The number of fused-ring (bicyclic) bond motifs is 3. The Morgan fingerprint density at radius 3 is 2.53 bits per heavy atom. The van der Waals surface area contributed by atoms with Crippen molar-refractivity contribution < 1.29 is 46.5 Å². The van der Waals surface area contributed by atoms with Crippen LogP contribution >= 0.6 is 0 Å². The van der Waals surface area contributed by atoms with Gasteiger partial charge in [0.2, 0.25) is 27.7 Å². The molecule has 3 saturated carbocycles. The normalized spacial score (nSPS) is 27.7. The van der Waals surface area contributed by atoms with Crippen LogP contribution in [0, 0.1) is 24.2 Å². The molecule has 15 nitrogen and oxygen atoms in total. The summed E-state index contributed by atoms with van der Waals surface area (Å²) in [5, 5.41) is 5.86. The molecule has 59 heavy (non-hydrogen) atoms. The summed E-state index contributed by atoms with van der Waals surface area (Å²) in [5.74, 6) is -1.13. The van der Waals surface area contributed by atoms with E-state index in [0.29, 0.717) is 61.6 Å². The number of amides is 4. The summed E-state index contributed by atoms with van der Waals surface area (Å²) in [4.78, 5) is 63.1. The molecule has 5 atom stereocenters. The van der Waals surface area contributed by atoms with E-state index in [1.807, 2.05) is 33.8 Å². The first-order valence-corrected chi connectivity index (χ1v) is 22.7. The second kappa shape index (κ2) is 16.8. The first kappa shape index (κ1) is 42.5. The summed E-state index contributed by atoms with van der Waals surface area (Å²) in [5.41, 5.74) is 0.455. The molecule has 2 aliphatic heterocycles. The summed E-state index contributed by atoms with van der Waals surface area (Å²) in [6, 6.07) is 1.63. The monoisotopic (exact) mass is 837 g/mol. The Kier molecular flexibility index (Phi) is 12.1. The molecule has 7 rings (SSSR count). The number of pyridine rings is 1. The fourth-order valence-electron chi connectivity index (χ4n) is 9.17. The third kappa shape index (κ3) is 8.97. The summed E-state index contributed by atoms with van der Waals surface area (Å²) in [7, 11) is -2.28. The predicted octanol–water partition coefficient (Wildman–Crippen LogP) is 5.01. The summed E-state index contributed by atoms with van der Waals surface area (Å²) in [6.07, 6.45) is 7.61. The maximum absolute atomic E-state index is 15.0. The highest BCUT2D eigenvalue weighted by molar-refractivity contribution is 7.91. The first-order chi connectivity index (χ1) is 28.1. The zero-order valence-electron chi connectivity index (χ0n) is 34.9. The minimum absolute atomic E-state index is 0.0141. The van der Waals surface area contributed by atoms with Gasteiger partial charge in [-0.05, 0) is 88.2 Å². The third-order valence-electron chi connectivity index (χ3n) is 12.7. The van der Waals surface area contributed by atoms with E-state index < -0.39 is 68.7 Å². The molecule has 3 heterocycles. The number of rotatable bonds is 10. The zero-order valence-corrected chi connectivity index (χ0v) is 35.7. The number of cyclic esters (lactones) is 1. The molecule has 0 spiro atoms. The van der Waals surface area contributed by atoms with Gasteiger partial charge < -0.3 is 34.5 Å². The van der Waals surface area contributed by atoms with Crippen molar-refractivity contribution in [1.29, 1.82) is 0 Å². The molecular weight excluding hydrogens is 779 g/mol. The number of benzene rings is 1. The van der Waals surface area contributed by atoms with E-state index >= 15 is 0 Å². The van der Waals surface area contributed by atoms with Crippen molar-refractivity contribution in [2.24, 2.45) is 17.3 Å². The Balaban J connectivity index is 1.28. The van der Waals surface area contributed by atoms with Gasteiger partial charge >= 0.3 is 6.09 Å². The number of alkyl carbamates (subject to hydrolysis) is 1. The molecule has 4 bridgehead atoms. The molecule has 2 aromatic rings. The van der Waals surface area contributed by atoms with Crippen LogP contribution in [-0.2, 0) is 35.6 Å². The van der Waals surface area contributed by atoms with Crippen LogP contribution in [0.2, 0.25) is 0 Å². The maximum atomic E-state index is 15.0. The van der Waals surface area contributed by atoms with Gasteiger partial charge in [-0.1, -0.05) is 39.2 Å². The van der Waals surface area contributed by atoms with Crippen LogP contribution < -0.4 is 29.6 Å². The summed E-state index contributed by atoms with van der Waals surface area (Å²) in [6.45, 7) is 12.2. The van der Waals surface area contributed by atoms with Gasteiger partial charge in [0.15, 0.2) is 0 Å². The molecule has 0 unspecified atom stereocenters. The molecule has 1 aromatic heterocycles. The molecule has 16 heteroatoms. The lowest BCUT2D eigenvalue weighted by molar-refractivity contribution is -0.142. The molecule has 0 radical (unpaired) electrons. The number of hydrogen-bond donors (Lipinski definition) is 3. The number of carbonyl (C=O) groups is 4. The van der Waals surface area contributed by atoms with E-state index in [0.717, 1.165) is 48.6 Å². The molecular formula is C43H59N5O10S. The fraction of sp³-hybridized carbons (Fsp3) is 0.651. The quantitative estimate of drug-likeness (QED) is 0.273. The third-order valence-corrected chi connectivity index (χ3v) is 14.6. The van der Waals surface area contributed by atoms with Crippen LogP contribution in [0.4, 0.5) is 4.79 Å². The number of aromatic nitrogens is 1. The molecule has 1 saturated heterocycles. The Bertz CT molecular complexity index is 2100. The van der Waals surface area contributed by atoms with Crippen molar-refractivity contribution >= 4 is 44.7 Å². The first-order valence-electron chi connectivity index (χ1n) is 21.1. The number of aryl methyl sites for hydroxylation is 2. The van der Waals surface area contributed by atoms with Gasteiger partial charge in [0.1, 0.15) is 35.2 Å². The van der Waals surface area contributed by atoms with Crippen molar-refractivity contribution in [3.8, 4) is 17.4 Å². The average Bonchev–Trinajstić information content (AvgIpc) is 4.13. The Hall–Kier alpha value is -4.60. The van der Waals surface area contributed by atoms with Crippen molar-refractivity contribution in [2.45, 2.75) is 134 Å². The maximum Gasteiger partial charge on any atom is 0.407 e. The fourth-order valence-corrected chi connectivity index (χ4v) is 10.5. The number of carbonyl (C=O) groups excluding carboxylic acids is 4. The van der Waals surface area contributed by atoms with E-state index in [4.69, 9.17) is 23.9 Å². The molecule has 5 aliphatic rings. The van der Waals surface area contributed by atoms with Crippen LogP contribution in [0.3, 0.4) is 0 Å². The minimum atomic E-state index is -3.91. The second-order valence-electron chi connectivity index (χ2n) is 17.8. The summed E-state index contributed by atoms with van der Waals surface area (Å²) >= 11 is 0. The van der Waals surface area contributed by atoms with Gasteiger partial charge in [-0.3, -0.25) is 19.1 Å². The molecule has 3 N–H and O–H groups in total. The number of nitrogens with one attached hydrogen (secondary N) is 3. The van der Waals surface area contributed by atoms with Gasteiger partial charge in [-0.25, -0.2) is 18.2 Å². The van der Waals surface area contributed by atoms with Crippen LogP contribution in [0.1, 0.15) is 103 Å². The predicted molar refractivity (Wildman–Crippen MR) is 220 cm³/mol. The lowest BCUT2D eigenvalue weighted by Crippen LogP contribution is -2.59. The van der Waals surface area contributed by atoms with Gasteiger partial charge in [0, 0.05) is 29.4 Å². The number of nitrogens with zero attached hydrogens (tertiary/aromatic N) is 2. The van der Waals surface area contributed by atoms with E-state index in [1.54, 1.807) is 13.2 Å². The Labute approximate surface area is 346 Å². The molecule has 322 valence electrons. The molecule has 4 amide bonds. The minimum Gasteiger partial charge on any atom is -0.496 e. The topological polar surface area (TPSA) is 192 Å². The van der Waals surface area contributed by atoms with Crippen molar-refractivity contribution in [3.05, 3.63) is 35.9 Å². The molecule has 1 aromatic carbocycles. The Morgan fingerprint density at radius 2 is 1.86 bits per heavy atom. The van der Waals surface area contributed by atoms with Crippen molar-refractivity contribution in [2.75, 3.05) is 26.9 Å². The number of hydrogen-bond acceptors (Lipinski definition) is 11. The highest BCUT2D eigenvalue weighted by Gasteiger charge is 2.62. The highest BCUT2D eigenvalue weighted by atomic mass is 32.2. The van der Waals surface area contributed by atoms with Gasteiger partial charge in [-0.2, -0.15) is 0 Å². The van der Waals surface area contributed by atoms with Crippen LogP contribution in [0.25, 0.3) is 10.9 Å². The Morgan fingerprint density at radius 1 is 1.12 bits per heavy atom. The highest BCUT2D eigenvalue weighted by Crippen LogP contribution is 2.46. The van der Waals surface area contributed by atoms with Gasteiger partial charge in [-0.15, -0.1) is 6.58 Å². The van der Waals surface area contributed by atoms with Crippen LogP contribution in [-0.4, -0.2) is 98.0 Å². The van der Waals surface area contributed by atoms with Gasteiger partial charge in [0.25, 0.3) is 5.91 Å². The van der Waals surface area contributed by atoms with E-state index in [1.165, 1.54) is 11.0 Å². The second-order valence-corrected chi connectivity index (χ2v) is 19.7. The largest absolute Gasteiger partial charge is 0.496 e. The van der Waals surface area contributed by atoms with Crippen molar-refractivity contribution in [3.63, 3.8) is 0 Å². The number of ether oxygens (including phenoxy) is 4. The lowest BCUT2D eigenvalue weighted by Gasteiger charge is -2.35. The van der Waals surface area contributed by atoms with E-state index in [9.17, 15) is 27.6 Å².